The van der Waals surface area contributed by atoms with Crippen molar-refractivity contribution in [3.63, 3.8) is 0 Å². The van der Waals surface area contributed by atoms with Gasteiger partial charge >= 0.3 is 0 Å². The molecule has 2 atom stereocenters. The zero-order valence-corrected chi connectivity index (χ0v) is 21.2. The third-order valence-electron chi connectivity index (χ3n) is 4.74. The van der Waals surface area contributed by atoms with Crippen LogP contribution in [0.3, 0.4) is 0 Å². The quantitative estimate of drug-likeness (QED) is 0.536. The molecule has 0 amide bonds. The van der Waals surface area contributed by atoms with Crippen molar-refractivity contribution in [3.05, 3.63) is 65.7 Å². The lowest BCUT2D eigenvalue weighted by atomic mass is 10.00. The highest BCUT2D eigenvalue weighted by molar-refractivity contribution is 7.84. The summed E-state index contributed by atoms with van der Waals surface area (Å²) in [4.78, 5) is 0. The van der Waals surface area contributed by atoms with E-state index in [2.05, 4.69) is 94.8 Å². The van der Waals surface area contributed by atoms with E-state index >= 15 is 0 Å². The van der Waals surface area contributed by atoms with Crippen molar-refractivity contribution in [1.29, 1.82) is 0 Å². The van der Waals surface area contributed by atoms with Crippen LogP contribution in [-0.4, -0.2) is 19.3 Å². The fraction of sp³-hybridized carbons (Fsp3) is 0.520. The van der Waals surface area contributed by atoms with Crippen molar-refractivity contribution in [2.75, 3.05) is 0 Å². The van der Waals surface area contributed by atoms with Crippen LogP contribution in [0.5, 0.6) is 0 Å². The minimum atomic E-state index is -1.17. The van der Waals surface area contributed by atoms with E-state index in [-0.39, 0.29) is 21.1 Å². The Morgan fingerprint density at radius 3 is 1.72 bits per heavy atom. The Balaban J connectivity index is 2.68. The monoisotopic (exact) mass is 431 g/mol. The second-order valence-electron chi connectivity index (χ2n) is 10.6. The van der Waals surface area contributed by atoms with Crippen LogP contribution >= 0.6 is 7.92 Å². The third kappa shape index (κ3) is 6.23. The first kappa shape index (κ1) is 24.3. The van der Waals surface area contributed by atoms with Crippen molar-refractivity contribution in [3.8, 4) is 0 Å². The zero-order valence-electron chi connectivity index (χ0n) is 19.5. The van der Waals surface area contributed by atoms with Crippen LogP contribution in [0.1, 0.15) is 79.5 Å². The molecule has 2 rings (SSSR count). The Hall–Kier alpha value is -1.02. The van der Waals surface area contributed by atoms with Gasteiger partial charge in [0.15, 0.2) is 0 Å². The van der Waals surface area contributed by atoms with E-state index in [1.807, 2.05) is 26.8 Å². The van der Waals surface area contributed by atoms with Gasteiger partial charge in [-0.3, -0.25) is 0 Å². The number of hydrogen-bond donors (Lipinski definition) is 1. The van der Waals surface area contributed by atoms with Crippen LogP contribution in [0, 0.1) is 0 Å². The highest BCUT2D eigenvalue weighted by Gasteiger charge is 2.38. The molecular weight excluding hydrogens is 393 g/mol. The molecule has 0 saturated carbocycles. The summed E-state index contributed by atoms with van der Waals surface area (Å²) in [5, 5.41) is 1.72. The van der Waals surface area contributed by atoms with Gasteiger partial charge in [0.2, 0.25) is 0 Å². The standard InChI is InChI=1S/C25H38NOPS/c1-23(2,3)28(24(4,5)6)21-18-14-13-17-20(21)22(19-15-11-10-12-16-19)26-29(27)25(7,8)9/h10-18,22,26H,1-9H3/t22-,29?/m0/s1. The van der Waals surface area contributed by atoms with Gasteiger partial charge in [0, 0.05) is 0 Å². The second kappa shape index (κ2) is 9.00. The van der Waals surface area contributed by atoms with Crippen molar-refractivity contribution >= 4 is 24.2 Å². The molecule has 4 heteroatoms. The van der Waals surface area contributed by atoms with Crippen LogP contribution in [0.4, 0.5) is 0 Å². The van der Waals surface area contributed by atoms with Gasteiger partial charge in [-0.05, 0) is 47.5 Å². The Bertz CT molecular complexity index is 814. The first-order valence-corrected chi connectivity index (χ1v) is 12.8. The molecule has 0 spiro atoms. The van der Waals surface area contributed by atoms with Crippen LogP contribution in [0.15, 0.2) is 54.6 Å². The molecule has 0 radical (unpaired) electrons. The van der Waals surface area contributed by atoms with Crippen LogP contribution < -0.4 is 10.0 Å². The predicted molar refractivity (Wildman–Crippen MR) is 132 cm³/mol. The van der Waals surface area contributed by atoms with Crippen molar-refractivity contribution in [1.82, 2.24) is 4.72 Å². The molecule has 2 aromatic rings. The van der Waals surface area contributed by atoms with Crippen LogP contribution in [0.2, 0.25) is 0 Å². The van der Waals surface area contributed by atoms with Gasteiger partial charge in [-0.25, -0.2) is 8.93 Å². The van der Waals surface area contributed by atoms with Gasteiger partial charge in [0.05, 0.1) is 21.8 Å². The Morgan fingerprint density at radius 1 is 0.759 bits per heavy atom. The lowest BCUT2D eigenvalue weighted by Gasteiger charge is -2.43. The number of hydrogen-bond acceptors (Lipinski definition) is 1. The summed E-state index contributed by atoms with van der Waals surface area (Å²) in [5.74, 6) is 0. The average molecular weight is 432 g/mol. The van der Waals surface area contributed by atoms with E-state index < -0.39 is 18.9 Å². The SMILES string of the molecule is CC(C)(C)P(c1ccccc1[C@@H](NS(=O)C(C)(C)C)c1ccccc1)C(C)(C)C. The first-order chi connectivity index (χ1) is 13.2. The second-order valence-corrected chi connectivity index (χ2v) is 16.4. The molecule has 0 saturated heterocycles. The van der Waals surface area contributed by atoms with Gasteiger partial charge in [0.1, 0.15) is 0 Å². The Morgan fingerprint density at radius 2 is 1.24 bits per heavy atom. The maximum atomic E-state index is 13.1. The summed E-state index contributed by atoms with van der Waals surface area (Å²) in [5.41, 5.74) is 2.39. The van der Waals surface area contributed by atoms with E-state index in [9.17, 15) is 4.21 Å². The minimum absolute atomic E-state index is 0.109. The van der Waals surface area contributed by atoms with Crippen LogP contribution in [0.25, 0.3) is 0 Å². The molecule has 29 heavy (non-hydrogen) atoms. The fourth-order valence-electron chi connectivity index (χ4n) is 3.90. The number of benzene rings is 2. The zero-order chi connectivity index (χ0) is 22.0. The molecule has 1 N–H and O–H groups in total. The largest absolute Gasteiger partial charge is 0.242 e. The summed E-state index contributed by atoms with van der Waals surface area (Å²) < 4.78 is 16.2. The summed E-state index contributed by atoms with van der Waals surface area (Å²) in [6, 6.07) is 19.1. The topological polar surface area (TPSA) is 29.1 Å². The molecule has 2 aromatic carbocycles. The van der Waals surface area contributed by atoms with E-state index in [1.54, 1.807) is 0 Å². The first-order valence-electron chi connectivity index (χ1n) is 10.3. The summed E-state index contributed by atoms with van der Waals surface area (Å²) in [7, 11) is -1.65. The van der Waals surface area contributed by atoms with E-state index in [4.69, 9.17) is 0 Å². The summed E-state index contributed by atoms with van der Waals surface area (Å²) in [6.45, 7) is 20.1. The van der Waals surface area contributed by atoms with Gasteiger partial charge in [-0.1, -0.05) is 104 Å². The smallest absolute Gasteiger partial charge is 0.0979 e. The summed E-state index contributed by atoms with van der Waals surface area (Å²) in [6.07, 6.45) is 0. The maximum Gasteiger partial charge on any atom is 0.0979 e. The molecule has 1 unspecified atom stereocenters. The number of nitrogens with one attached hydrogen (secondary N) is 1. The molecule has 0 aliphatic heterocycles. The number of rotatable bonds is 5. The lowest BCUT2D eigenvalue weighted by molar-refractivity contribution is 0.624. The minimum Gasteiger partial charge on any atom is -0.242 e. The summed E-state index contributed by atoms with van der Waals surface area (Å²) >= 11 is 0. The van der Waals surface area contributed by atoms with Crippen molar-refractivity contribution < 1.29 is 4.21 Å². The highest BCUT2D eigenvalue weighted by Crippen LogP contribution is 2.59. The van der Waals surface area contributed by atoms with Gasteiger partial charge in [-0.15, -0.1) is 0 Å². The van der Waals surface area contributed by atoms with E-state index in [1.165, 1.54) is 10.9 Å². The van der Waals surface area contributed by atoms with Gasteiger partial charge in [-0.2, -0.15) is 0 Å². The maximum absolute atomic E-state index is 13.1. The van der Waals surface area contributed by atoms with Gasteiger partial charge < -0.3 is 0 Å². The molecule has 0 aliphatic rings. The third-order valence-corrected chi connectivity index (χ3v) is 9.88. The van der Waals surface area contributed by atoms with E-state index in [0.717, 1.165) is 5.56 Å². The molecule has 0 aromatic heterocycles. The normalized spacial score (nSPS) is 15.4. The molecule has 0 bridgehead atoms. The molecule has 0 aliphatic carbocycles. The van der Waals surface area contributed by atoms with Gasteiger partial charge in [0.25, 0.3) is 0 Å². The lowest BCUT2D eigenvalue weighted by Crippen LogP contribution is -2.39. The Kier molecular flexibility index (Phi) is 7.53. The predicted octanol–water partition coefficient (Wildman–Crippen LogP) is 6.53. The van der Waals surface area contributed by atoms with E-state index in [0.29, 0.717) is 0 Å². The molecular formula is C25H38NOPS. The van der Waals surface area contributed by atoms with Crippen molar-refractivity contribution in [2.45, 2.75) is 83.4 Å². The fourth-order valence-corrected chi connectivity index (χ4v) is 8.89. The molecule has 0 fully saturated rings. The average Bonchev–Trinajstić information content (AvgIpc) is 2.57. The molecule has 160 valence electrons. The molecule has 2 nitrogen and oxygen atoms in total. The van der Waals surface area contributed by atoms with Crippen LogP contribution in [-0.2, 0) is 11.0 Å². The van der Waals surface area contributed by atoms with Crippen molar-refractivity contribution in [2.24, 2.45) is 0 Å². The highest BCUT2D eigenvalue weighted by atomic mass is 32.2. The Labute approximate surface area is 182 Å². The molecule has 0 heterocycles.